The number of piperidine rings is 1. The van der Waals surface area contributed by atoms with E-state index < -0.39 is 0 Å². The fraction of sp³-hybridized carbons (Fsp3) is 0.286. The van der Waals surface area contributed by atoms with Gasteiger partial charge in [-0.2, -0.15) is 0 Å². The average molecular weight is 330 g/mol. The van der Waals surface area contributed by atoms with Crippen molar-refractivity contribution < 1.29 is 0 Å². The zero-order valence-electron chi connectivity index (χ0n) is 14.4. The first-order valence-corrected chi connectivity index (χ1v) is 9.02. The van der Waals surface area contributed by atoms with E-state index in [0.29, 0.717) is 5.92 Å². The summed E-state index contributed by atoms with van der Waals surface area (Å²) < 4.78 is 0. The number of likely N-dealkylation sites (tertiary alicyclic amines) is 1. The van der Waals surface area contributed by atoms with Crippen LogP contribution in [0, 0.1) is 0 Å². The normalized spacial score (nSPS) is 16.8. The molecule has 1 fully saturated rings. The Labute approximate surface area is 146 Å². The molecule has 5 rings (SSSR count). The van der Waals surface area contributed by atoms with Gasteiger partial charge in [-0.05, 0) is 74.8 Å². The van der Waals surface area contributed by atoms with Crippen LogP contribution in [0.25, 0.3) is 33.3 Å². The molecule has 126 valence electrons. The minimum Gasteiger partial charge on any atom is -0.361 e. The zero-order chi connectivity index (χ0) is 16.8. The van der Waals surface area contributed by atoms with Crippen LogP contribution >= 0.6 is 0 Å². The van der Waals surface area contributed by atoms with E-state index in [0.717, 1.165) is 22.4 Å². The molecular weight excluding hydrogens is 308 g/mol. The number of benzene rings is 2. The number of rotatable bonds is 2. The third-order valence-electron chi connectivity index (χ3n) is 5.53. The van der Waals surface area contributed by atoms with Crippen molar-refractivity contribution in [3.63, 3.8) is 0 Å². The van der Waals surface area contributed by atoms with Crippen LogP contribution in [0.1, 0.15) is 24.3 Å². The monoisotopic (exact) mass is 330 g/mol. The van der Waals surface area contributed by atoms with E-state index in [2.05, 4.69) is 52.4 Å². The molecule has 2 aromatic heterocycles. The molecule has 1 saturated heterocycles. The Balaban J connectivity index is 1.57. The highest BCUT2D eigenvalue weighted by Gasteiger charge is 2.21. The number of nitrogens with zero attached hydrogens (tertiary/aromatic N) is 2. The van der Waals surface area contributed by atoms with Gasteiger partial charge in [0.2, 0.25) is 0 Å². The molecule has 4 heteroatoms. The summed E-state index contributed by atoms with van der Waals surface area (Å²) in [5.41, 5.74) is 5.93. The van der Waals surface area contributed by atoms with Gasteiger partial charge in [0.05, 0.1) is 11.0 Å². The van der Waals surface area contributed by atoms with Gasteiger partial charge in [0.15, 0.2) is 0 Å². The molecule has 0 saturated carbocycles. The number of hydrogen-bond acceptors (Lipinski definition) is 2. The summed E-state index contributed by atoms with van der Waals surface area (Å²) in [6.07, 6.45) is 4.68. The van der Waals surface area contributed by atoms with Crippen molar-refractivity contribution in [2.24, 2.45) is 0 Å². The van der Waals surface area contributed by atoms with Crippen molar-refractivity contribution in [3.8, 4) is 11.4 Å². The van der Waals surface area contributed by atoms with E-state index in [4.69, 9.17) is 4.98 Å². The predicted octanol–water partition coefficient (Wildman–Crippen LogP) is 4.52. The minimum absolute atomic E-state index is 0.649. The average Bonchev–Trinajstić information content (AvgIpc) is 3.26. The summed E-state index contributed by atoms with van der Waals surface area (Å²) >= 11 is 0. The summed E-state index contributed by atoms with van der Waals surface area (Å²) in [5.74, 6) is 1.59. The van der Waals surface area contributed by atoms with Gasteiger partial charge < -0.3 is 14.9 Å². The standard InChI is InChI=1S/C21H22N4/c1-25-10-8-14(9-11-25)17-13-22-18-7-6-15(12-16(17)18)21-23-19-4-2-3-5-20(19)24-21/h2-7,12-14,22H,8-11H2,1H3,(H,23,24). The van der Waals surface area contributed by atoms with Crippen LogP contribution in [0.15, 0.2) is 48.7 Å². The molecule has 25 heavy (non-hydrogen) atoms. The fourth-order valence-electron chi connectivity index (χ4n) is 4.04. The maximum absolute atomic E-state index is 4.75. The van der Waals surface area contributed by atoms with Crippen LogP contribution in [-0.4, -0.2) is 40.0 Å². The van der Waals surface area contributed by atoms with E-state index in [1.807, 2.05) is 18.2 Å². The minimum atomic E-state index is 0.649. The van der Waals surface area contributed by atoms with E-state index in [1.54, 1.807) is 0 Å². The van der Waals surface area contributed by atoms with Gasteiger partial charge in [0.25, 0.3) is 0 Å². The van der Waals surface area contributed by atoms with Crippen LogP contribution in [-0.2, 0) is 0 Å². The van der Waals surface area contributed by atoms with E-state index in [1.165, 1.54) is 42.4 Å². The number of H-pyrrole nitrogens is 2. The van der Waals surface area contributed by atoms with Gasteiger partial charge in [-0.3, -0.25) is 0 Å². The molecule has 0 unspecified atom stereocenters. The quantitative estimate of drug-likeness (QED) is 0.568. The molecule has 0 spiro atoms. The molecule has 1 aliphatic heterocycles. The number of fused-ring (bicyclic) bond motifs is 2. The highest BCUT2D eigenvalue weighted by molar-refractivity contribution is 5.89. The van der Waals surface area contributed by atoms with E-state index in [9.17, 15) is 0 Å². The number of hydrogen-bond donors (Lipinski definition) is 2. The van der Waals surface area contributed by atoms with Gasteiger partial charge in [0, 0.05) is 22.7 Å². The topological polar surface area (TPSA) is 47.7 Å². The highest BCUT2D eigenvalue weighted by atomic mass is 15.1. The number of aromatic amines is 2. The Kier molecular flexibility index (Phi) is 3.38. The first-order valence-electron chi connectivity index (χ1n) is 9.02. The molecule has 0 bridgehead atoms. The van der Waals surface area contributed by atoms with Crippen LogP contribution in [0.5, 0.6) is 0 Å². The molecule has 2 N–H and O–H groups in total. The van der Waals surface area contributed by atoms with Crippen molar-refractivity contribution >= 4 is 21.9 Å². The number of nitrogens with one attached hydrogen (secondary N) is 2. The largest absolute Gasteiger partial charge is 0.361 e. The molecule has 4 nitrogen and oxygen atoms in total. The van der Waals surface area contributed by atoms with Gasteiger partial charge in [-0.25, -0.2) is 4.98 Å². The second kappa shape index (κ2) is 5.74. The first-order chi connectivity index (χ1) is 12.3. The smallest absolute Gasteiger partial charge is 0.138 e. The van der Waals surface area contributed by atoms with Crippen molar-refractivity contribution in [2.75, 3.05) is 20.1 Å². The molecule has 0 atom stereocenters. The second-order valence-electron chi connectivity index (χ2n) is 7.18. The molecule has 0 radical (unpaired) electrons. The van der Waals surface area contributed by atoms with Crippen molar-refractivity contribution in [2.45, 2.75) is 18.8 Å². The number of aromatic nitrogens is 3. The lowest BCUT2D eigenvalue weighted by Crippen LogP contribution is -2.29. The lowest BCUT2D eigenvalue weighted by atomic mass is 9.89. The Bertz CT molecular complexity index is 1000. The van der Waals surface area contributed by atoms with Crippen LogP contribution < -0.4 is 0 Å². The Morgan fingerprint density at radius 1 is 1.04 bits per heavy atom. The molecule has 1 aliphatic rings. The fourth-order valence-corrected chi connectivity index (χ4v) is 4.04. The third-order valence-corrected chi connectivity index (χ3v) is 5.53. The summed E-state index contributed by atoms with van der Waals surface area (Å²) in [5, 5.41) is 1.34. The predicted molar refractivity (Wildman–Crippen MR) is 103 cm³/mol. The zero-order valence-corrected chi connectivity index (χ0v) is 14.4. The molecular formula is C21H22N4. The summed E-state index contributed by atoms with van der Waals surface area (Å²) in [7, 11) is 2.21. The molecule has 3 heterocycles. The van der Waals surface area contributed by atoms with Crippen LogP contribution in [0.3, 0.4) is 0 Å². The molecule has 2 aromatic carbocycles. The summed E-state index contributed by atoms with van der Waals surface area (Å²) in [6, 6.07) is 14.8. The van der Waals surface area contributed by atoms with E-state index >= 15 is 0 Å². The maximum Gasteiger partial charge on any atom is 0.138 e. The van der Waals surface area contributed by atoms with Gasteiger partial charge in [0.1, 0.15) is 5.82 Å². The molecule has 0 amide bonds. The summed E-state index contributed by atoms with van der Waals surface area (Å²) in [4.78, 5) is 14.1. The Morgan fingerprint density at radius 2 is 1.88 bits per heavy atom. The first kappa shape index (κ1) is 14.7. The molecule has 4 aromatic rings. The molecule has 0 aliphatic carbocycles. The van der Waals surface area contributed by atoms with Crippen molar-refractivity contribution in [3.05, 3.63) is 54.2 Å². The van der Waals surface area contributed by atoms with Crippen LogP contribution in [0.2, 0.25) is 0 Å². The Morgan fingerprint density at radius 3 is 2.72 bits per heavy atom. The lowest BCUT2D eigenvalue weighted by Gasteiger charge is -2.28. The second-order valence-corrected chi connectivity index (χ2v) is 7.18. The Hall–Kier alpha value is -2.59. The number of imidazole rings is 1. The SMILES string of the molecule is CN1CCC(c2c[nH]c3ccc(-c4nc5ccccc5[nH]4)cc23)CC1. The summed E-state index contributed by atoms with van der Waals surface area (Å²) in [6.45, 7) is 2.36. The van der Waals surface area contributed by atoms with Crippen molar-refractivity contribution in [1.82, 2.24) is 19.9 Å². The van der Waals surface area contributed by atoms with Gasteiger partial charge in [-0.1, -0.05) is 12.1 Å². The van der Waals surface area contributed by atoms with Crippen LogP contribution in [0.4, 0.5) is 0 Å². The third kappa shape index (κ3) is 2.53. The van der Waals surface area contributed by atoms with Gasteiger partial charge in [-0.15, -0.1) is 0 Å². The highest BCUT2D eigenvalue weighted by Crippen LogP contribution is 2.34. The maximum atomic E-state index is 4.75. The van der Waals surface area contributed by atoms with E-state index in [-0.39, 0.29) is 0 Å². The number of para-hydroxylation sites is 2. The van der Waals surface area contributed by atoms with Crippen molar-refractivity contribution in [1.29, 1.82) is 0 Å². The lowest BCUT2D eigenvalue weighted by molar-refractivity contribution is 0.256. The van der Waals surface area contributed by atoms with Gasteiger partial charge >= 0.3 is 0 Å².